The van der Waals surface area contributed by atoms with Gasteiger partial charge in [-0.05, 0) is 44.6 Å². The summed E-state index contributed by atoms with van der Waals surface area (Å²) in [6.07, 6.45) is 7.57. The zero-order valence-corrected chi connectivity index (χ0v) is 16.1. The average Bonchev–Trinajstić information content (AvgIpc) is 3.30. The van der Waals surface area contributed by atoms with Crippen LogP contribution in [0.2, 0.25) is 0 Å². The van der Waals surface area contributed by atoms with Crippen LogP contribution < -0.4 is 5.56 Å². The van der Waals surface area contributed by atoms with Gasteiger partial charge in [-0.1, -0.05) is 25.7 Å². The van der Waals surface area contributed by atoms with E-state index in [0.29, 0.717) is 5.69 Å². The molecule has 1 N–H and O–H groups in total. The highest BCUT2D eigenvalue weighted by Gasteiger charge is 2.31. The maximum Gasteiger partial charge on any atom is 0.274 e. The maximum absolute atomic E-state index is 12.9. The number of hydrogen-bond acceptors (Lipinski definition) is 4. The van der Waals surface area contributed by atoms with Crippen LogP contribution in [0.5, 0.6) is 0 Å². The molecule has 27 heavy (non-hydrogen) atoms. The fourth-order valence-corrected chi connectivity index (χ4v) is 4.63. The molecule has 0 unspecified atom stereocenters. The van der Waals surface area contributed by atoms with Gasteiger partial charge in [-0.2, -0.15) is 4.68 Å². The van der Waals surface area contributed by atoms with E-state index < -0.39 is 0 Å². The minimum absolute atomic E-state index is 0.111. The van der Waals surface area contributed by atoms with Crippen molar-refractivity contribution in [1.82, 2.24) is 24.6 Å². The summed E-state index contributed by atoms with van der Waals surface area (Å²) in [6, 6.07) is 3.20. The van der Waals surface area contributed by atoms with Gasteiger partial charge in [0, 0.05) is 30.5 Å². The predicted octanol–water partition coefficient (Wildman–Crippen LogP) is 2.61. The van der Waals surface area contributed by atoms with E-state index in [-0.39, 0.29) is 17.4 Å². The van der Waals surface area contributed by atoms with Crippen molar-refractivity contribution >= 4 is 5.91 Å². The summed E-state index contributed by atoms with van der Waals surface area (Å²) in [4.78, 5) is 35.7. The first-order valence-corrected chi connectivity index (χ1v) is 9.95. The number of aromatic amines is 1. The van der Waals surface area contributed by atoms with Crippen molar-refractivity contribution in [3.05, 3.63) is 39.6 Å². The molecule has 144 valence electrons. The predicted molar refractivity (Wildman–Crippen MR) is 102 cm³/mol. The zero-order chi connectivity index (χ0) is 19.0. The number of nitrogens with one attached hydrogen (secondary N) is 1. The molecule has 1 aliphatic carbocycles. The normalized spacial score (nSPS) is 19.0. The van der Waals surface area contributed by atoms with Gasteiger partial charge in [0.2, 0.25) is 0 Å². The lowest BCUT2D eigenvalue weighted by molar-refractivity contribution is 0.0652. The van der Waals surface area contributed by atoms with Crippen molar-refractivity contribution in [2.24, 2.45) is 11.8 Å². The van der Waals surface area contributed by atoms with Crippen LogP contribution in [0.3, 0.4) is 0 Å². The number of hydrogen-bond donors (Lipinski definition) is 1. The molecule has 0 atom stereocenters. The van der Waals surface area contributed by atoms with Crippen LogP contribution in [0, 0.1) is 25.7 Å². The highest BCUT2D eigenvalue weighted by atomic mass is 16.2. The van der Waals surface area contributed by atoms with Gasteiger partial charge in [-0.3, -0.25) is 14.7 Å². The lowest BCUT2D eigenvalue weighted by Gasteiger charge is -2.34. The van der Waals surface area contributed by atoms with Gasteiger partial charge in [-0.25, -0.2) is 9.97 Å². The quantitative estimate of drug-likeness (QED) is 0.901. The van der Waals surface area contributed by atoms with Crippen molar-refractivity contribution in [2.75, 3.05) is 13.1 Å². The molecule has 0 bridgehead atoms. The summed E-state index contributed by atoms with van der Waals surface area (Å²) >= 11 is 0. The Hall–Kier alpha value is -2.44. The maximum atomic E-state index is 12.9. The number of likely N-dealkylation sites (tertiary alicyclic amines) is 1. The standard InChI is InChI=1S/C20H27N5O2/c1-13-11-14(2)22-20(21-13)25-18(26)12-17(23-25)19(27)24-9-7-16(8-10-24)15-5-3-4-6-15/h11-12,15-16,23H,3-10H2,1-2H3. The lowest BCUT2D eigenvalue weighted by Crippen LogP contribution is -2.40. The third-order valence-corrected chi connectivity index (χ3v) is 6.01. The number of aryl methyl sites for hydroxylation is 2. The third kappa shape index (κ3) is 3.68. The Balaban J connectivity index is 1.48. The molecule has 1 amide bonds. The van der Waals surface area contributed by atoms with E-state index in [2.05, 4.69) is 15.1 Å². The number of H-pyrrole nitrogens is 1. The Morgan fingerprint density at radius 3 is 2.22 bits per heavy atom. The molecule has 2 aromatic heterocycles. The highest BCUT2D eigenvalue weighted by Crippen LogP contribution is 2.36. The Morgan fingerprint density at radius 1 is 1.00 bits per heavy atom. The first kappa shape index (κ1) is 17.9. The zero-order valence-electron chi connectivity index (χ0n) is 16.1. The van der Waals surface area contributed by atoms with Crippen molar-refractivity contribution in [2.45, 2.75) is 52.4 Å². The van der Waals surface area contributed by atoms with E-state index in [4.69, 9.17) is 0 Å². The topological polar surface area (TPSA) is 83.9 Å². The molecule has 3 heterocycles. The fourth-order valence-electron chi connectivity index (χ4n) is 4.63. The minimum atomic E-state index is -0.316. The minimum Gasteiger partial charge on any atom is -0.337 e. The van der Waals surface area contributed by atoms with E-state index in [9.17, 15) is 9.59 Å². The molecule has 2 aromatic rings. The average molecular weight is 369 g/mol. The molecule has 0 radical (unpaired) electrons. The van der Waals surface area contributed by atoms with Gasteiger partial charge < -0.3 is 4.90 Å². The van der Waals surface area contributed by atoms with Crippen molar-refractivity contribution in [1.29, 1.82) is 0 Å². The molecule has 4 rings (SSSR count). The first-order valence-electron chi connectivity index (χ1n) is 9.95. The second-order valence-electron chi connectivity index (χ2n) is 7.97. The summed E-state index contributed by atoms with van der Waals surface area (Å²) in [6.45, 7) is 5.25. The molecule has 2 aliphatic rings. The fraction of sp³-hybridized carbons (Fsp3) is 0.600. The van der Waals surface area contributed by atoms with Gasteiger partial charge in [0.05, 0.1) is 0 Å². The van der Waals surface area contributed by atoms with Crippen LogP contribution >= 0.6 is 0 Å². The number of rotatable bonds is 3. The molecule has 1 saturated heterocycles. The number of carbonyl (C=O) groups excluding carboxylic acids is 1. The Bertz CT molecular complexity index is 866. The van der Waals surface area contributed by atoms with Crippen LogP contribution in [0.15, 0.2) is 16.9 Å². The van der Waals surface area contributed by atoms with E-state index in [1.165, 1.54) is 36.4 Å². The van der Waals surface area contributed by atoms with E-state index in [0.717, 1.165) is 49.2 Å². The summed E-state index contributed by atoms with van der Waals surface area (Å²) in [5, 5.41) is 2.90. The van der Waals surface area contributed by atoms with Crippen molar-refractivity contribution < 1.29 is 4.79 Å². The van der Waals surface area contributed by atoms with Crippen LogP contribution in [-0.2, 0) is 0 Å². The van der Waals surface area contributed by atoms with E-state index in [1.807, 2.05) is 24.8 Å². The van der Waals surface area contributed by atoms with Gasteiger partial charge in [0.25, 0.3) is 17.4 Å². The number of piperidine rings is 1. The van der Waals surface area contributed by atoms with Gasteiger partial charge >= 0.3 is 0 Å². The molecule has 0 aromatic carbocycles. The van der Waals surface area contributed by atoms with Crippen LogP contribution in [0.25, 0.3) is 5.95 Å². The third-order valence-electron chi connectivity index (χ3n) is 6.01. The molecule has 1 aliphatic heterocycles. The smallest absolute Gasteiger partial charge is 0.274 e. The van der Waals surface area contributed by atoms with Gasteiger partial charge in [0.15, 0.2) is 0 Å². The molecular formula is C20H27N5O2. The monoisotopic (exact) mass is 369 g/mol. The lowest BCUT2D eigenvalue weighted by atomic mass is 9.83. The summed E-state index contributed by atoms with van der Waals surface area (Å²) in [5.74, 6) is 1.77. The Kier molecular flexibility index (Phi) is 4.85. The van der Waals surface area contributed by atoms with Crippen molar-refractivity contribution in [3.8, 4) is 5.95 Å². The largest absolute Gasteiger partial charge is 0.337 e. The van der Waals surface area contributed by atoms with E-state index >= 15 is 0 Å². The first-order chi connectivity index (χ1) is 13.0. The molecule has 7 nitrogen and oxygen atoms in total. The Labute approximate surface area is 158 Å². The molecule has 7 heteroatoms. The van der Waals surface area contributed by atoms with Gasteiger partial charge in [-0.15, -0.1) is 0 Å². The second-order valence-corrected chi connectivity index (χ2v) is 7.97. The van der Waals surface area contributed by atoms with Crippen LogP contribution in [-0.4, -0.2) is 43.6 Å². The van der Waals surface area contributed by atoms with E-state index in [1.54, 1.807) is 0 Å². The number of aromatic nitrogens is 4. The number of carbonyl (C=O) groups is 1. The molecular weight excluding hydrogens is 342 g/mol. The highest BCUT2D eigenvalue weighted by molar-refractivity contribution is 5.92. The molecule has 2 fully saturated rings. The van der Waals surface area contributed by atoms with Gasteiger partial charge in [0.1, 0.15) is 5.69 Å². The van der Waals surface area contributed by atoms with Crippen molar-refractivity contribution in [3.63, 3.8) is 0 Å². The Morgan fingerprint density at radius 2 is 1.59 bits per heavy atom. The second kappa shape index (κ2) is 7.29. The molecule has 0 spiro atoms. The summed E-state index contributed by atoms with van der Waals surface area (Å²) < 4.78 is 1.25. The van der Waals surface area contributed by atoms with Crippen LogP contribution in [0.4, 0.5) is 0 Å². The summed E-state index contributed by atoms with van der Waals surface area (Å²) in [5.41, 5.74) is 1.55. The molecule has 1 saturated carbocycles. The number of nitrogens with zero attached hydrogens (tertiary/aromatic N) is 4. The van der Waals surface area contributed by atoms with Crippen LogP contribution in [0.1, 0.15) is 60.4 Å². The number of amides is 1. The SMILES string of the molecule is Cc1cc(C)nc(-n2[nH]c(C(=O)N3CCC(C4CCCC4)CC3)cc2=O)n1. The summed E-state index contributed by atoms with van der Waals surface area (Å²) in [7, 11) is 0.